The number of carbonyl (C=O) groups is 1. The van der Waals surface area contributed by atoms with E-state index in [1.165, 1.54) is 12.1 Å². The Morgan fingerprint density at radius 2 is 2.03 bits per heavy atom. The molecule has 9 nitrogen and oxygen atoms in total. The second kappa shape index (κ2) is 9.22. The molecule has 1 fully saturated rings. The topological polar surface area (TPSA) is 121 Å². The van der Waals surface area contributed by atoms with Crippen LogP contribution in [-0.4, -0.2) is 59.9 Å². The minimum absolute atomic E-state index is 0. The quantitative estimate of drug-likeness (QED) is 0.579. The van der Waals surface area contributed by atoms with E-state index in [1.54, 1.807) is 0 Å². The Kier molecular flexibility index (Phi) is 6.90. The molecule has 1 saturated heterocycles. The van der Waals surface area contributed by atoms with Crippen LogP contribution < -0.4 is 15.8 Å². The highest BCUT2D eigenvalue weighted by Crippen LogP contribution is 2.48. The maximum absolute atomic E-state index is 15.5. The van der Waals surface area contributed by atoms with E-state index in [9.17, 15) is 18.0 Å². The van der Waals surface area contributed by atoms with Crippen LogP contribution in [0.3, 0.4) is 0 Å². The molecule has 1 aromatic carbocycles. The number of amides is 1. The molecule has 4 rings (SSSR count). The predicted octanol–water partition coefficient (Wildman–Crippen LogP) is 2.60. The zero-order valence-corrected chi connectivity index (χ0v) is 18.5. The van der Waals surface area contributed by atoms with Crippen molar-refractivity contribution in [3.63, 3.8) is 0 Å². The number of hydrogen-bond acceptors (Lipinski definition) is 8. The third-order valence-corrected chi connectivity index (χ3v) is 5.14. The molecule has 2 atom stereocenters. The first-order chi connectivity index (χ1) is 15.5. The molecule has 0 aliphatic carbocycles. The van der Waals surface area contributed by atoms with Gasteiger partial charge in [0.05, 0.1) is 25.6 Å². The van der Waals surface area contributed by atoms with Gasteiger partial charge < -0.3 is 25.3 Å². The molecule has 2 aliphatic heterocycles. The average Bonchev–Trinajstić information content (AvgIpc) is 3.10. The van der Waals surface area contributed by atoms with Gasteiger partial charge in [0.15, 0.2) is 17.8 Å². The van der Waals surface area contributed by atoms with Crippen LogP contribution in [0.2, 0.25) is 0 Å². The van der Waals surface area contributed by atoms with Gasteiger partial charge in [-0.2, -0.15) is 0 Å². The summed E-state index contributed by atoms with van der Waals surface area (Å²) in [6.45, 7) is -1.32. The highest BCUT2D eigenvalue weighted by Gasteiger charge is 2.62. The zero-order chi connectivity index (χ0) is 23.9. The smallest absolute Gasteiger partial charge is 0.283 e. The average molecular weight is 506 g/mol. The Hall–Kier alpha value is -3.19. The van der Waals surface area contributed by atoms with E-state index in [-0.39, 0.29) is 54.5 Å². The molecule has 0 saturated carbocycles. The van der Waals surface area contributed by atoms with Crippen LogP contribution in [0.25, 0.3) is 0 Å². The molecule has 2 aromatic rings. The first-order valence-corrected chi connectivity index (χ1v) is 9.70. The fourth-order valence-corrected chi connectivity index (χ4v) is 3.51. The van der Waals surface area contributed by atoms with E-state index in [4.69, 9.17) is 19.9 Å². The predicted molar refractivity (Wildman–Crippen MR) is 114 cm³/mol. The normalized spacial score (nSPS) is 23.7. The van der Waals surface area contributed by atoms with Crippen LogP contribution in [0, 0.1) is 5.82 Å². The van der Waals surface area contributed by atoms with E-state index < -0.39 is 42.1 Å². The van der Waals surface area contributed by atoms with E-state index >= 15 is 4.39 Å². The number of carbonyl (C=O) groups excluding carboxylic acids is 1. The number of halogens is 5. The molecule has 3 heterocycles. The minimum atomic E-state index is -3.06. The fourth-order valence-electron chi connectivity index (χ4n) is 3.51. The van der Waals surface area contributed by atoms with E-state index in [2.05, 4.69) is 20.3 Å². The van der Waals surface area contributed by atoms with Crippen molar-refractivity contribution in [2.75, 3.05) is 31.7 Å². The Morgan fingerprint density at radius 1 is 1.26 bits per heavy atom. The summed E-state index contributed by atoms with van der Waals surface area (Å²) in [5, 5.41) is 2.50. The molecular weight excluding hydrogens is 486 g/mol. The Morgan fingerprint density at radius 3 is 2.71 bits per heavy atom. The van der Waals surface area contributed by atoms with Crippen LogP contribution in [-0.2, 0) is 15.0 Å². The maximum Gasteiger partial charge on any atom is 0.283 e. The number of nitrogens with two attached hydrogens (primary N) is 1. The first-order valence-electron chi connectivity index (χ1n) is 9.70. The summed E-state index contributed by atoms with van der Waals surface area (Å²) >= 11 is 0. The number of ether oxygens (including phenoxy) is 3. The molecule has 14 heteroatoms. The monoisotopic (exact) mass is 505 g/mol. The zero-order valence-electron chi connectivity index (χ0n) is 17.7. The number of hydrogen-bond donors (Lipinski definition) is 2. The number of nitrogens with zero attached hydrogens (tertiary/aromatic N) is 3. The van der Waals surface area contributed by atoms with Crippen LogP contribution in [0.4, 0.5) is 23.2 Å². The maximum atomic E-state index is 15.5. The lowest BCUT2D eigenvalue weighted by Crippen LogP contribution is -2.55. The van der Waals surface area contributed by atoms with Gasteiger partial charge >= 0.3 is 0 Å². The van der Waals surface area contributed by atoms with Crippen molar-refractivity contribution in [3.05, 3.63) is 47.7 Å². The summed E-state index contributed by atoms with van der Waals surface area (Å²) in [7, 11) is 0. The molecule has 0 radical (unpaired) electrons. The second-order valence-corrected chi connectivity index (χ2v) is 7.80. The van der Waals surface area contributed by atoms with Gasteiger partial charge in [0, 0.05) is 18.2 Å². The van der Waals surface area contributed by atoms with Crippen molar-refractivity contribution in [2.45, 2.75) is 24.1 Å². The fraction of sp³-hybridized carbons (Fsp3) is 0.400. The number of rotatable bonds is 6. The third-order valence-electron chi connectivity index (χ3n) is 5.14. The lowest BCUT2D eigenvalue weighted by molar-refractivity contribution is -0.0243. The Balaban J connectivity index is 0.00000324. The lowest BCUT2D eigenvalue weighted by atomic mass is 9.78. The molecule has 184 valence electrons. The number of aromatic nitrogens is 2. The molecule has 3 N–H and O–H groups in total. The summed E-state index contributed by atoms with van der Waals surface area (Å²) < 4.78 is 71.1. The molecule has 0 spiro atoms. The molecule has 0 bridgehead atoms. The lowest BCUT2D eigenvalue weighted by Gasteiger charge is -2.38. The standard InChI is InChI=1S/C20H19F4N5O4.ClH/c1-18(22,23)7-32-15-6-26-14(5-27-15)16(30)28-11-2-3-13(21)12(4-11)20-10-31-8-19(20,24)9-33-17(25)29-20;/h2-6H,7-10H2,1H3,(H2,25,29)(H,28,30);1H. The minimum Gasteiger partial charge on any atom is -0.470 e. The van der Waals surface area contributed by atoms with Gasteiger partial charge in [-0.1, -0.05) is 0 Å². The summed E-state index contributed by atoms with van der Waals surface area (Å²) in [6, 6.07) is 3.24. The van der Waals surface area contributed by atoms with Crippen molar-refractivity contribution >= 4 is 30.0 Å². The third kappa shape index (κ3) is 4.85. The van der Waals surface area contributed by atoms with Gasteiger partial charge in [-0.25, -0.2) is 32.5 Å². The van der Waals surface area contributed by atoms with Gasteiger partial charge in [0.25, 0.3) is 17.9 Å². The summed E-state index contributed by atoms with van der Waals surface area (Å²) in [4.78, 5) is 24.1. The van der Waals surface area contributed by atoms with Crippen LogP contribution in [0.1, 0.15) is 23.0 Å². The molecule has 1 aromatic heterocycles. The first kappa shape index (κ1) is 25.4. The summed E-state index contributed by atoms with van der Waals surface area (Å²) in [5.41, 5.74) is 1.48. The van der Waals surface area contributed by atoms with Gasteiger partial charge in [-0.15, -0.1) is 12.4 Å². The van der Waals surface area contributed by atoms with Crippen LogP contribution in [0.5, 0.6) is 5.88 Å². The number of aliphatic imine (C=N–C) groups is 1. The Labute approximate surface area is 197 Å². The summed E-state index contributed by atoms with van der Waals surface area (Å²) in [5.74, 6) is -4.74. The number of anilines is 1. The molecule has 2 aliphatic rings. The van der Waals surface area contributed by atoms with Crippen molar-refractivity contribution < 1.29 is 36.6 Å². The van der Waals surface area contributed by atoms with Gasteiger partial charge in [-0.3, -0.25) is 4.79 Å². The van der Waals surface area contributed by atoms with Crippen molar-refractivity contribution in [1.29, 1.82) is 0 Å². The van der Waals surface area contributed by atoms with Crippen LogP contribution >= 0.6 is 12.4 Å². The largest absolute Gasteiger partial charge is 0.470 e. The van der Waals surface area contributed by atoms with Crippen LogP contribution in [0.15, 0.2) is 35.6 Å². The number of amidine groups is 1. The Bertz CT molecular complexity index is 1100. The molecule has 2 unspecified atom stereocenters. The van der Waals surface area contributed by atoms with E-state index in [0.717, 1.165) is 18.5 Å². The van der Waals surface area contributed by atoms with Crippen molar-refractivity contribution in [3.8, 4) is 5.88 Å². The van der Waals surface area contributed by atoms with Gasteiger partial charge in [-0.05, 0) is 18.2 Å². The van der Waals surface area contributed by atoms with Crippen molar-refractivity contribution in [2.24, 2.45) is 10.7 Å². The number of fused-ring (bicyclic) bond motifs is 1. The van der Waals surface area contributed by atoms with Crippen molar-refractivity contribution in [1.82, 2.24) is 9.97 Å². The van der Waals surface area contributed by atoms with Gasteiger partial charge in [0.1, 0.15) is 18.1 Å². The van der Waals surface area contributed by atoms with Gasteiger partial charge in [0.2, 0.25) is 5.88 Å². The van der Waals surface area contributed by atoms with E-state index in [1.807, 2.05) is 0 Å². The summed E-state index contributed by atoms with van der Waals surface area (Å²) in [6.07, 6.45) is 2.05. The molecule has 34 heavy (non-hydrogen) atoms. The molecular formula is C20H20ClF4N5O4. The SMILES string of the molecule is CC(F)(F)COc1cnc(C(=O)Nc2ccc(F)c(C34COCC3(F)COC(N)=N4)c2)cn1.Cl. The second-order valence-electron chi connectivity index (χ2n) is 7.80. The number of nitrogens with one attached hydrogen (secondary N) is 1. The highest BCUT2D eigenvalue weighted by atomic mass is 35.5. The molecule has 1 amide bonds. The highest BCUT2D eigenvalue weighted by molar-refractivity contribution is 6.02. The number of alkyl halides is 3. The number of benzene rings is 1. The van der Waals surface area contributed by atoms with E-state index in [0.29, 0.717) is 6.92 Å².